The van der Waals surface area contributed by atoms with E-state index < -0.39 is 17.9 Å². The maximum Gasteiger partial charge on any atom is 0.343 e. The fourth-order valence-corrected chi connectivity index (χ4v) is 6.85. The lowest BCUT2D eigenvalue weighted by Gasteiger charge is -2.21. The molecule has 53 heavy (non-hydrogen) atoms. The van der Waals surface area contributed by atoms with Crippen molar-refractivity contribution in [2.24, 2.45) is 0 Å². The van der Waals surface area contributed by atoms with Gasteiger partial charge in [0.15, 0.2) is 0 Å². The quantitative estimate of drug-likeness (QED) is 0.0552. The fourth-order valence-electron chi connectivity index (χ4n) is 6.85. The van der Waals surface area contributed by atoms with Crippen LogP contribution >= 0.6 is 0 Å². The molecule has 276 valence electrons. The highest BCUT2D eigenvalue weighted by molar-refractivity contribution is 6.12. The molecule has 1 saturated carbocycles. The van der Waals surface area contributed by atoms with Crippen LogP contribution in [0.3, 0.4) is 0 Å². The minimum atomic E-state index is -0.670. The molecule has 1 heterocycles. The van der Waals surface area contributed by atoms with E-state index in [4.69, 9.17) is 23.7 Å². The van der Waals surface area contributed by atoms with E-state index in [9.17, 15) is 24.0 Å². The smallest absolute Gasteiger partial charge is 0.343 e. The molecule has 1 atom stereocenters. The molecule has 2 amide bonds. The molecular weight excluding hydrogens is 678 g/mol. The molecule has 2 aliphatic carbocycles. The van der Waals surface area contributed by atoms with Crippen LogP contribution in [0.4, 0.5) is 0 Å². The molecule has 0 N–H and O–H groups in total. The number of fused-ring (bicyclic) bond motifs is 3. The summed E-state index contributed by atoms with van der Waals surface area (Å²) in [6, 6.07) is 16.4. The van der Waals surface area contributed by atoms with Gasteiger partial charge in [-0.05, 0) is 102 Å². The van der Waals surface area contributed by atoms with Crippen molar-refractivity contribution in [1.82, 2.24) is 4.90 Å². The number of aryl methyl sites for hydroxylation is 1. The second-order valence-corrected chi connectivity index (χ2v) is 13.3. The number of benzene rings is 3. The number of hydrogen-bond acceptors (Lipinski definition) is 10. The maximum absolute atomic E-state index is 13.3. The lowest BCUT2D eigenvalue weighted by atomic mass is 9.98. The third-order valence-corrected chi connectivity index (χ3v) is 9.71. The monoisotopic (exact) mass is 721 g/mol. The summed E-state index contributed by atoms with van der Waals surface area (Å²) in [6.45, 7) is 8.08. The summed E-state index contributed by atoms with van der Waals surface area (Å²) in [4.78, 5) is 62.6. The van der Waals surface area contributed by atoms with Gasteiger partial charge in [-0.15, -0.1) is 0 Å². The summed E-state index contributed by atoms with van der Waals surface area (Å²) in [5.41, 5.74) is 5.38. The van der Waals surface area contributed by atoms with Crippen molar-refractivity contribution in [3.63, 3.8) is 0 Å². The number of esters is 3. The molecule has 1 unspecified atom stereocenters. The van der Waals surface area contributed by atoms with Gasteiger partial charge in [-0.1, -0.05) is 39.0 Å². The Morgan fingerprint density at radius 1 is 0.811 bits per heavy atom. The SMILES string of the molecule is C=C(CC(=O)OC1CCCCC1)C(=O)OCCOc1ccc(OC(=O)c2ccc3c(c2)C(C)c2cc(OCCN4C(=O)C=CC4=O)ccc2-3)cc1CC. The predicted octanol–water partition coefficient (Wildman–Crippen LogP) is 6.65. The van der Waals surface area contributed by atoms with Crippen molar-refractivity contribution >= 4 is 29.7 Å². The lowest BCUT2D eigenvalue weighted by molar-refractivity contribution is -0.151. The number of imide groups is 1. The number of nitrogens with zero attached hydrogens (tertiary/aromatic N) is 1. The van der Waals surface area contributed by atoms with Crippen LogP contribution in [0.2, 0.25) is 0 Å². The highest BCUT2D eigenvalue weighted by Gasteiger charge is 2.28. The molecule has 0 aromatic heterocycles. The van der Waals surface area contributed by atoms with Crippen LogP contribution in [-0.4, -0.2) is 67.1 Å². The van der Waals surface area contributed by atoms with Gasteiger partial charge in [-0.25, -0.2) is 9.59 Å². The van der Waals surface area contributed by atoms with Crippen LogP contribution in [0.15, 0.2) is 78.9 Å². The highest BCUT2D eigenvalue weighted by atomic mass is 16.6. The second-order valence-electron chi connectivity index (χ2n) is 13.3. The highest BCUT2D eigenvalue weighted by Crippen LogP contribution is 2.46. The Hall–Kier alpha value is -5.71. The normalized spacial score (nSPS) is 16.2. The van der Waals surface area contributed by atoms with E-state index in [1.165, 1.54) is 12.2 Å². The standard InChI is InChI=1S/C42H43NO10/c1-4-28-23-32(12-15-37(28)50-20-21-51-41(47)26(2)22-40(46)52-30-8-6-5-7-9-30)53-42(48)29-10-13-33-34-14-11-31(25-36(34)27(3)35(33)24-29)49-19-18-43-38(44)16-17-39(43)45/h10-17,23-25,27,30H,2,4-9,18-22H2,1,3H3. The molecule has 6 rings (SSSR count). The van der Waals surface area contributed by atoms with Gasteiger partial charge in [0.05, 0.1) is 18.5 Å². The van der Waals surface area contributed by atoms with Crippen LogP contribution in [-0.2, 0) is 35.1 Å². The zero-order chi connectivity index (χ0) is 37.5. The molecule has 0 spiro atoms. The van der Waals surface area contributed by atoms with Crippen LogP contribution < -0.4 is 14.2 Å². The Kier molecular flexibility index (Phi) is 11.7. The van der Waals surface area contributed by atoms with Gasteiger partial charge in [0, 0.05) is 23.6 Å². The van der Waals surface area contributed by atoms with Crippen LogP contribution in [0.1, 0.15) is 85.3 Å². The van der Waals surface area contributed by atoms with Crippen LogP contribution in [0.5, 0.6) is 17.2 Å². The number of carbonyl (C=O) groups is 5. The number of hydrogen-bond donors (Lipinski definition) is 0. The maximum atomic E-state index is 13.3. The van der Waals surface area contributed by atoms with E-state index in [-0.39, 0.29) is 62.2 Å². The number of ether oxygens (including phenoxy) is 5. The van der Waals surface area contributed by atoms with Crippen molar-refractivity contribution in [1.29, 1.82) is 0 Å². The third kappa shape index (κ3) is 8.85. The number of amides is 2. The van der Waals surface area contributed by atoms with Crippen molar-refractivity contribution < 1.29 is 47.7 Å². The summed E-state index contributed by atoms with van der Waals surface area (Å²) in [7, 11) is 0. The predicted molar refractivity (Wildman–Crippen MR) is 195 cm³/mol. The molecule has 1 aliphatic heterocycles. The fraction of sp³-hybridized carbons (Fsp3) is 0.357. The van der Waals surface area contributed by atoms with E-state index in [2.05, 4.69) is 13.5 Å². The summed E-state index contributed by atoms with van der Waals surface area (Å²) < 4.78 is 28.2. The Morgan fingerprint density at radius 3 is 2.25 bits per heavy atom. The zero-order valence-corrected chi connectivity index (χ0v) is 30.0. The first-order valence-corrected chi connectivity index (χ1v) is 18.1. The lowest BCUT2D eigenvalue weighted by Crippen LogP contribution is -2.33. The van der Waals surface area contributed by atoms with Crippen molar-refractivity contribution in [2.75, 3.05) is 26.4 Å². The first-order chi connectivity index (χ1) is 25.6. The van der Waals surface area contributed by atoms with E-state index in [1.54, 1.807) is 24.3 Å². The Bertz CT molecular complexity index is 1940. The molecule has 11 nitrogen and oxygen atoms in total. The molecule has 11 heteroatoms. The van der Waals surface area contributed by atoms with E-state index in [0.29, 0.717) is 29.2 Å². The first kappa shape index (κ1) is 37.1. The topological polar surface area (TPSA) is 135 Å². The van der Waals surface area contributed by atoms with Gasteiger partial charge in [0.2, 0.25) is 0 Å². The zero-order valence-electron chi connectivity index (χ0n) is 30.0. The molecule has 0 radical (unpaired) electrons. The van der Waals surface area contributed by atoms with E-state index in [1.807, 2.05) is 37.3 Å². The summed E-state index contributed by atoms with van der Waals surface area (Å²) in [6.07, 6.45) is 7.74. The number of carbonyl (C=O) groups excluding carboxylic acids is 5. The van der Waals surface area contributed by atoms with Gasteiger partial charge in [0.1, 0.15) is 43.2 Å². The average Bonchev–Trinajstić information content (AvgIpc) is 3.63. The minimum absolute atomic E-state index is 0.00884. The molecular formula is C42H43NO10. The summed E-state index contributed by atoms with van der Waals surface area (Å²) >= 11 is 0. The van der Waals surface area contributed by atoms with E-state index >= 15 is 0 Å². The summed E-state index contributed by atoms with van der Waals surface area (Å²) in [5.74, 6) is -0.757. The van der Waals surface area contributed by atoms with Gasteiger partial charge in [0.25, 0.3) is 11.8 Å². The van der Waals surface area contributed by atoms with Crippen molar-refractivity contribution in [2.45, 2.75) is 70.8 Å². The molecule has 1 fully saturated rings. The Labute approximate surface area is 308 Å². The summed E-state index contributed by atoms with van der Waals surface area (Å²) in [5, 5.41) is 0. The molecule has 3 aromatic carbocycles. The van der Waals surface area contributed by atoms with Gasteiger partial charge >= 0.3 is 17.9 Å². The van der Waals surface area contributed by atoms with Gasteiger partial charge in [-0.2, -0.15) is 0 Å². The third-order valence-electron chi connectivity index (χ3n) is 9.71. The van der Waals surface area contributed by atoms with E-state index in [0.717, 1.165) is 64.8 Å². The molecule has 3 aliphatic rings. The Morgan fingerprint density at radius 2 is 1.51 bits per heavy atom. The number of rotatable bonds is 15. The minimum Gasteiger partial charge on any atom is -0.492 e. The van der Waals surface area contributed by atoms with Crippen molar-refractivity contribution in [3.8, 4) is 28.4 Å². The van der Waals surface area contributed by atoms with Crippen molar-refractivity contribution in [3.05, 3.63) is 101 Å². The molecule has 0 bridgehead atoms. The van der Waals surface area contributed by atoms with Gasteiger partial charge < -0.3 is 23.7 Å². The molecule has 3 aromatic rings. The average molecular weight is 722 g/mol. The largest absolute Gasteiger partial charge is 0.492 e. The second kappa shape index (κ2) is 16.8. The van der Waals surface area contributed by atoms with Gasteiger partial charge in [-0.3, -0.25) is 19.3 Å². The first-order valence-electron chi connectivity index (χ1n) is 18.1. The Balaban J connectivity index is 0.980. The molecule has 0 saturated heterocycles. The van der Waals surface area contributed by atoms with Crippen LogP contribution in [0.25, 0.3) is 11.1 Å². The van der Waals surface area contributed by atoms with Crippen LogP contribution in [0, 0.1) is 0 Å².